The summed E-state index contributed by atoms with van der Waals surface area (Å²) in [5.41, 5.74) is 0.888. The zero-order valence-corrected chi connectivity index (χ0v) is 16.6. The first-order chi connectivity index (χ1) is 14.0. The Hall–Kier alpha value is -2.78. The molecule has 0 aliphatic carbocycles. The lowest BCUT2D eigenvalue weighted by Crippen LogP contribution is -2.28. The molecule has 0 bridgehead atoms. The Morgan fingerprint density at radius 2 is 1.76 bits per heavy atom. The molecule has 1 N–H and O–H groups in total. The quantitative estimate of drug-likeness (QED) is 0.738. The van der Waals surface area contributed by atoms with Crippen LogP contribution in [0.15, 0.2) is 47.4 Å². The van der Waals surface area contributed by atoms with Crippen molar-refractivity contribution in [3.05, 3.63) is 48.0 Å². The largest absolute Gasteiger partial charge is 0.484 e. The minimum Gasteiger partial charge on any atom is -0.484 e. The third-order valence-electron chi connectivity index (χ3n) is 4.82. The molecule has 0 spiro atoms. The first-order valence-electron chi connectivity index (χ1n) is 9.41. The molecule has 154 valence electrons. The van der Waals surface area contributed by atoms with E-state index in [9.17, 15) is 13.2 Å². The highest BCUT2D eigenvalue weighted by molar-refractivity contribution is 7.89. The molecular formula is C20H22N2O6S. The fraction of sp³-hybridized carbons (Fsp3) is 0.350. The number of ether oxygens (including phenoxy) is 3. The third kappa shape index (κ3) is 4.46. The lowest BCUT2D eigenvalue weighted by Gasteiger charge is -2.15. The van der Waals surface area contributed by atoms with Crippen LogP contribution in [0.4, 0.5) is 0 Å². The lowest BCUT2D eigenvalue weighted by atomic mass is 10.2. The second-order valence-electron chi connectivity index (χ2n) is 6.84. The molecular weight excluding hydrogens is 396 g/mol. The van der Waals surface area contributed by atoms with Gasteiger partial charge in [0.1, 0.15) is 5.75 Å². The maximum atomic E-state index is 12.5. The van der Waals surface area contributed by atoms with Gasteiger partial charge < -0.3 is 19.5 Å². The van der Waals surface area contributed by atoms with Crippen molar-refractivity contribution in [2.75, 3.05) is 26.5 Å². The maximum Gasteiger partial charge on any atom is 0.258 e. The van der Waals surface area contributed by atoms with Crippen LogP contribution < -0.4 is 19.5 Å². The number of hydrogen-bond donors (Lipinski definition) is 1. The molecule has 0 radical (unpaired) electrons. The molecule has 1 amide bonds. The van der Waals surface area contributed by atoms with Crippen LogP contribution in [0.3, 0.4) is 0 Å². The number of carbonyl (C=O) groups is 1. The van der Waals surface area contributed by atoms with Crippen LogP contribution in [0.5, 0.6) is 17.2 Å². The van der Waals surface area contributed by atoms with E-state index in [-0.39, 0.29) is 24.2 Å². The van der Waals surface area contributed by atoms with Gasteiger partial charge in [0, 0.05) is 19.6 Å². The van der Waals surface area contributed by atoms with Crippen LogP contribution in [0.25, 0.3) is 0 Å². The number of benzene rings is 2. The molecule has 2 aromatic carbocycles. The summed E-state index contributed by atoms with van der Waals surface area (Å²) in [5, 5.41) is 2.77. The predicted octanol–water partition coefficient (Wildman–Crippen LogP) is 1.90. The summed E-state index contributed by atoms with van der Waals surface area (Å²) in [6, 6.07) is 11.6. The third-order valence-corrected chi connectivity index (χ3v) is 6.74. The van der Waals surface area contributed by atoms with E-state index in [1.807, 2.05) is 12.1 Å². The summed E-state index contributed by atoms with van der Waals surface area (Å²) in [7, 11) is -3.45. The highest BCUT2D eigenvalue weighted by Gasteiger charge is 2.27. The van der Waals surface area contributed by atoms with E-state index in [1.165, 1.54) is 16.4 Å². The molecule has 2 aromatic rings. The Morgan fingerprint density at radius 1 is 1.03 bits per heavy atom. The monoisotopic (exact) mass is 418 g/mol. The van der Waals surface area contributed by atoms with Gasteiger partial charge in [-0.15, -0.1) is 0 Å². The van der Waals surface area contributed by atoms with Gasteiger partial charge >= 0.3 is 0 Å². The van der Waals surface area contributed by atoms with Crippen molar-refractivity contribution >= 4 is 15.9 Å². The van der Waals surface area contributed by atoms with Gasteiger partial charge in [0.2, 0.25) is 16.8 Å². The number of sulfonamides is 1. The molecule has 29 heavy (non-hydrogen) atoms. The summed E-state index contributed by atoms with van der Waals surface area (Å²) < 4.78 is 42.5. The Labute approximate surface area is 169 Å². The Kier molecular flexibility index (Phi) is 5.59. The molecule has 2 aliphatic heterocycles. The molecule has 0 saturated carbocycles. The van der Waals surface area contributed by atoms with Gasteiger partial charge in [0.15, 0.2) is 18.1 Å². The Bertz CT molecular complexity index is 985. The van der Waals surface area contributed by atoms with Gasteiger partial charge in [-0.25, -0.2) is 8.42 Å². The fourth-order valence-electron chi connectivity index (χ4n) is 3.24. The average molecular weight is 418 g/mol. The number of amides is 1. The summed E-state index contributed by atoms with van der Waals surface area (Å²) in [6.45, 7) is 1.50. The molecule has 8 nitrogen and oxygen atoms in total. The van der Waals surface area contributed by atoms with E-state index in [2.05, 4.69) is 5.32 Å². The van der Waals surface area contributed by atoms with E-state index < -0.39 is 10.0 Å². The molecule has 4 rings (SSSR count). The Balaban J connectivity index is 1.27. The number of nitrogens with zero attached hydrogens (tertiary/aromatic N) is 1. The van der Waals surface area contributed by atoms with E-state index in [0.29, 0.717) is 36.9 Å². The van der Waals surface area contributed by atoms with Crippen molar-refractivity contribution in [3.8, 4) is 17.2 Å². The van der Waals surface area contributed by atoms with Crippen molar-refractivity contribution in [2.45, 2.75) is 24.3 Å². The van der Waals surface area contributed by atoms with Crippen molar-refractivity contribution in [2.24, 2.45) is 0 Å². The zero-order chi connectivity index (χ0) is 20.3. The topological polar surface area (TPSA) is 94.2 Å². The molecule has 1 fully saturated rings. The SMILES string of the molecule is O=C(COc1ccc(S(=O)(=O)N2CCCC2)cc1)NCc1ccc2c(c1)OCO2. The molecule has 0 aromatic heterocycles. The predicted molar refractivity (Wildman–Crippen MR) is 104 cm³/mol. The minimum atomic E-state index is -3.45. The summed E-state index contributed by atoms with van der Waals surface area (Å²) in [5.74, 6) is 1.51. The van der Waals surface area contributed by atoms with Crippen molar-refractivity contribution in [1.82, 2.24) is 9.62 Å². The van der Waals surface area contributed by atoms with Gasteiger partial charge in [0.05, 0.1) is 4.90 Å². The van der Waals surface area contributed by atoms with Crippen LogP contribution in [0.1, 0.15) is 18.4 Å². The average Bonchev–Trinajstić information content (AvgIpc) is 3.42. The number of hydrogen-bond acceptors (Lipinski definition) is 6. The van der Waals surface area contributed by atoms with Crippen molar-refractivity contribution in [3.63, 3.8) is 0 Å². The molecule has 2 heterocycles. The smallest absolute Gasteiger partial charge is 0.258 e. The van der Waals surface area contributed by atoms with Gasteiger partial charge in [-0.3, -0.25) is 4.79 Å². The van der Waals surface area contributed by atoms with E-state index in [0.717, 1.165) is 18.4 Å². The summed E-state index contributed by atoms with van der Waals surface area (Å²) in [6.07, 6.45) is 1.78. The van der Waals surface area contributed by atoms with Crippen LogP contribution in [-0.2, 0) is 21.4 Å². The highest BCUT2D eigenvalue weighted by atomic mass is 32.2. The molecule has 0 unspecified atom stereocenters. The second-order valence-corrected chi connectivity index (χ2v) is 8.77. The van der Waals surface area contributed by atoms with E-state index in [1.54, 1.807) is 18.2 Å². The minimum absolute atomic E-state index is 0.164. The number of nitrogens with one attached hydrogen (secondary N) is 1. The fourth-order valence-corrected chi connectivity index (χ4v) is 4.75. The maximum absolute atomic E-state index is 12.5. The van der Waals surface area contributed by atoms with Crippen molar-refractivity contribution < 1.29 is 27.4 Å². The number of rotatable bonds is 7. The first-order valence-corrected chi connectivity index (χ1v) is 10.8. The lowest BCUT2D eigenvalue weighted by molar-refractivity contribution is -0.123. The van der Waals surface area contributed by atoms with Crippen LogP contribution in [-0.4, -0.2) is 45.1 Å². The molecule has 2 aliphatic rings. The summed E-state index contributed by atoms with van der Waals surface area (Å²) in [4.78, 5) is 12.3. The van der Waals surface area contributed by atoms with Gasteiger partial charge in [0.25, 0.3) is 5.91 Å². The normalized spacial score (nSPS) is 16.0. The van der Waals surface area contributed by atoms with Gasteiger partial charge in [-0.1, -0.05) is 6.07 Å². The van der Waals surface area contributed by atoms with Crippen molar-refractivity contribution in [1.29, 1.82) is 0 Å². The molecule has 1 saturated heterocycles. The van der Waals surface area contributed by atoms with Crippen LogP contribution >= 0.6 is 0 Å². The van der Waals surface area contributed by atoms with Crippen LogP contribution in [0, 0.1) is 0 Å². The van der Waals surface area contributed by atoms with Gasteiger partial charge in [-0.2, -0.15) is 4.31 Å². The standard InChI is InChI=1S/C20H22N2O6S/c23-20(21-12-15-3-8-18-19(11-15)28-14-27-18)13-26-16-4-6-17(7-5-16)29(24,25)22-9-1-2-10-22/h3-8,11H,1-2,9-10,12-14H2,(H,21,23). The number of fused-ring (bicyclic) bond motifs is 1. The number of carbonyl (C=O) groups excluding carboxylic acids is 1. The van der Waals surface area contributed by atoms with E-state index in [4.69, 9.17) is 14.2 Å². The zero-order valence-electron chi connectivity index (χ0n) is 15.8. The molecule has 0 atom stereocenters. The first kappa shape index (κ1) is 19.5. The van der Waals surface area contributed by atoms with Gasteiger partial charge in [-0.05, 0) is 54.8 Å². The highest BCUT2D eigenvalue weighted by Crippen LogP contribution is 2.32. The van der Waals surface area contributed by atoms with E-state index >= 15 is 0 Å². The second kappa shape index (κ2) is 8.30. The summed E-state index contributed by atoms with van der Waals surface area (Å²) >= 11 is 0. The van der Waals surface area contributed by atoms with Crippen LogP contribution in [0.2, 0.25) is 0 Å². The Morgan fingerprint density at radius 3 is 2.52 bits per heavy atom. The molecule has 9 heteroatoms.